The van der Waals surface area contributed by atoms with Gasteiger partial charge >= 0.3 is 0 Å². The number of rotatable bonds is 3. The van der Waals surface area contributed by atoms with Gasteiger partial charge in [0.15, 0.2) is 0 Å². The summed E-state index contributed by atoms with van der Waals surface area (Å²) in [7, 11) is 0. The summed E-state index contributed by atoms with van der Waals surface area (Å²) in [5, 5.41) is 13.5. The molecule has 1 aromatic rings. The summed E-state index contributed by atoms with van der Waals surface area (Å²) in [6.45, 7) is 2.60. The third-order valence-corrected chi connectivity index (χ3v) is 5.14. The highest BCUT2D eigenvalue weighted by Crippen LogP contribution is 2.31. The van der Waals surface area contributed by atoms with Crippen LogP contribution in [-0.4, -0.2) is 23.2 Å². The Labute approximate surface area is 126 Å². The molecule has 2 N–H and O–H groups in total. The van der Waals surface area contributed by atoms with Crippen LogP contribution in [0.2, 0.25) is 0 Å². The Hall–Kier alpha value is -1.35. The molecule has 3 nitrogen and oxygen atoms in total. The molecule has 0 aliphatic heterocycles. The molecule has 3 heteroatoms. The van der Waals surface area contributed by atoms with Gasteiger partial charge in [0.1, 0.15) is 0 Å². The molecule has 114 valence electrons. The molecule has 0 saturated heterocycles. The molecule has 1 fully saturated rings. The fraction of sp³-hybridized carbons (Fsp3) is 0.611. The zero-order chi connectivity index (χ0) is 14.9. The number of aryl methyl sites for hydroxylation is 2. The number of carbonyl (C=O) groups excluding carboxylic acids is 1. The predicted octanol–water partition coefficient (Wildman–Crippen LogP) is 2.85. The number of amides is 1. The largest absolute Gasteiger partial charge is 0.388 e. The monoisotopic (exact) mass is 287 g/mol. The zero-order valence-electron chi connectivity index (χ0n) is 12.8. The molecule has 0 spiro atoms. The average molecular weight is 287 g/mol. The summed E-state index contributed by atoms with van der Waals surface area (Å²) < 4.78 is 0. The molecule has 1 amide bonds. The lowest BCUT2D eigenvalue weighted by atomic mass is 9.79. The smallest absolute Gasteiger partial charge is 0.251 e. The Balaban J connectivity index is 1.59. The van der Waals surface area contributed by atoms with Crippen LogP contribution in [0.1, 0.15) is 60.5 Å². The Morgan fingerprint density at radius 1 is 1.29 bits per heavy atom. The Morgan fingerprint density at radius 2 is 2.00 bits per heavy atom. The van der Waals surface area contributed by atoms with E-state index in [1.54, 1.807) is 0 Å². The maximum atomic E-state index is 12.3. The lowest BCUT2D eigenvalue weighted by Crippen LogP contribution is -2.45. The van der Waals surface area contributed by atoms with Crippen molar-refractivity contribution in [3.8, 4) is 0 Å². The molecule has 3 rings (SSSR count). The van der Waals surface area contributed by atoms with E-state index < -0.39 is 5.60 Å². The number of carbonyl (C=O) groups is 1. The van der Waals surface area contributed by atoms with E-state index in [1.807, 2.05) is 12.1 Å². The SMILES string of the molecule is CC1CCC(O)(CNC(=O)c2ccc3c(c2)CCC3)CC1. The van der Waals surface area contributed by atoms with Crippen molar-refractivity contribution in [2.45, 2.75) is 57.5 Å². The van der Waals surface area contributed by atoms with E-state index >= 15 is 0 Å². The number of nitrogens with one attached hydrogen (secondary N) is 1. The summed E-state index contributed by atoms with van der Waals surface area (Å²) in [6.07, 6.45) is 7.08. The molecular formula is C18H25NO2. The van der Waals surface area contributed by atoms with Crippen LogP contribution in [0.25, 0.3) is 0 Å². The van der Waals surface area contributed by atoms with Gasteiger partial charge in [-0.15, -0.1) is 0 Å². The van der Waals surface area contributed by atoms with Crippen LogP contribution >= 0.6 is 0 Å². The van der Waals surface area contributed by atoms with Crippen molar-refractivity contribution >= 4 is 5.91 Å². The molecular weight excluding hydrogens is 262 g/mol. The van der Waals surface area contributed by atoms with Crippen LogP contribution in [0.4, 0.5) is 0 Å². The van der Waals surface area contributed by atoms with Gasteiger partial charge < -0.3 is 10.4 Å². The highest BCUT2D eigenvalue weighted by atomic mass is 16.3. The normalized spacial score (nSPS) is 28.2. The first-order chi connectivity index (χ1) is 10.1. The maximum Gasteiger partial charge on any atom is 0.251 e. The average Bonchev–Trinajstić information content (AvgIpc) is 2.96. The quantitative estimate of drug-likeness (QED) is 0.898. The van der Waals surface area contributed by atoms with Crippen LogP contribution in [0.15, 0.2) is 18.2 Å². The van der Waals surface area contributed by atoms with E-state index in [9.17, 15) is 9.90 Å². The standard InChI is InChI=1S/C18H25NO2/c1-13-7-9-18(21,10-8-13)12-19-17(20)16-6-5-14-3-2-4-15(14)11-16/h5-6,11,13,21H,2-4,7-10,12H2,1H3,(H,19,20). The highest BCUT2D eigenvalue weighted by molar-refractivity contribution is 5.94. The van der Waals surface area contributed by atoms with Crippen molar-refractivity contribution in [1.82, 2.24) is 5.32 Å². The van der Waals surface area contributed by atoms with Gasteiger partial charge in [-0.3, -0.25) is 4.79 Å². The van der Waals surface area contributed by atoms with Crippen molar-refractivity contribution in [3.05, 3.63) is 34.9 Å². The van der Waals surface area contributed by atoms with Crippen molar-refractivity contribution in [2.75, 3.05) is 6.54 Å². The second kappa shape index (κ2) is 5.80. The van der Waals surface area contributed by atoms with E-state index in [2.05, 4.69) is 18.3 Å². The van der Waals surface area contributed by atoms with Crippen molar-refractivity contribution in [1.29, 1.82) is 0 Å². The van der Waals surface area contributed by atoms with Gasteiger partial charge in [0.25, 0.3) is 5.91 Å². The second-order valence-electron chi connectivity index (χ2n) is 6.93. The number of fused-ring (bicyclic) bond motifs is 1. The van der Waals surface area contributed by atoms with E-state index in [1.165, 1.54) is 17.5 Å². The van der Waals surface area contributed by atoms with Crippen LogP contribution in [0, 0.1) is 5.92 Å². The fourth-order valence-corrected chi connectivity index (χ4v) is 3.54. The van der Waals surface area contributed by atoms with E-state index in [0.717, 1.165) is 44.1 Å². The summed E-state index contributed by atoms with van der Waals surface area (Å²) in [5.41, 5.74) is 2.71. The van der Waals surface area contributed by atoms with Gasteiger partial charge in [-0.1, -0.05) is 13.0 Å². The van der Waals surface area contributed by atoms with Crippen LogP contribution in [0.3, 0.4) is 0 Å². The summed E-state index contributed by atoms with van der Waals surface area (Å²) >= 11 is 0. The van der Waals surface area contributed by atoms with Gasteiger partial charge in [0, 0.05) is 12.1 Å². The number of hydrogen-bond acceptors (Lipinski definition) is 2. The minimum absolute atomic E-state index is 0.0586. The molecule has 2 aliphatic rings. The molecule has 1 saturated carbocycles. The van der Waals surface area contributed by atoms with Gasteiger partial charge in [-0.2, -0.15) is 0 Å². The van der Waals surface area contributed by atoms with Crippen LogP contribution in [0.5, 0.6) is 0 Å². The first-order valence-corrected chi connectivity index (χ1v) is 8.18. The van der Waals surface area contributed by atoms with Crippen molar-refractivity contribution < 1.29 is 9.90 Å². The van der Waals surface area contributed by atoms with Crippen LogP contribution < -0.4 is 5.32 Å². The Bertz CT molecular complexity index is 530. The van der Waals surface area contributed by atoms with E-state index in [0.29, 0.717) is 12.5 Å². The molecule has 0 atom stereocenters. The number of hydrogen-bond donors (Lipinski definition) is 2. The Kier molecular flexibility index (Phi) is 4.03. The predicted molar refractivity (Wildman–Crippen MR) is 83.4 cm³/mol. The lowest BCUT2D eigenvalue weighted by molar-refractivity contribution is -0.00539. The summed E-state index contributed by atoms with van der Waals surface area (Å²) in [5.74, 6) is 0.634. The van der Waals surface area contributed by atoms with Crippen molar-refractivity contribution in [3.63, 3.8) is 0 Å². The van der Waals surface area contributed by atoms with E-state index in [4.69, 9.17) is 0 Å². The number of benzene rings is 1. The first kappa shape index (κ1) is 14.6. The lowest BCUT2D eigenvalue weighted by Gasteiger charge is -2.34. The first-order valence-electron chi connectivity index (χ1n) is 8.18. The van der Waals surface area contributed by atoms with Gasteiger partial charge in [-0.05, 0) is 74.1 Å². The topological polar surface area (TPSA) is 49.3 Å². The van der Waals surface area contributed by atoms with Gasteiger partial charge in [0.2, 0.25) is 0 Å². The molecule has 1 aromatic carbocycles. The fourth-order valence-electron chi connectivity index (χ4n) is 3.54. The molecule has 0 bridgehead atoms. The molecule has 0 unspecified atom stereocenters. The molecule has 2 aliphatic carbocycles. The molecule has 21 heavy (non-hydrogen) atoms. The molecule has 0 heterocycles. The summed E-state index contributed by atoms with van der Waals surface area (Å²) in [6, 6.07) is 6.01. The Morgan fingerprint density at radius 3 is 2.76 bits per heavy atom. The van der Waals surface area contributed by atoms with Gasteiger partial charge in [0.05, 0.1) is 5.60 Å². The zero-order valence-corrected chi connectivity index (χ0v) is 12.8. The minimum Gasteiger partial charge on any atom is -0.388 e. The summed E-state index contributed by atoms with van der Waals surface area (Å²) in [4.78, 5) is 12.3. The molecule has 0 radical (unpaired) electrons. The minimum atomic E-state index is -0.709. The maximum absolute atomic E-state index is 12.3. The molecule has 0 aromatic heterocycles. The highest BCUT2D eigenvalue weighted by Gasteiger charge is 2.32. The van der Waals surface area contributed by atoms with Crippen LogP contribution in [-0.2, 0) is 12.8 Å². The third kappa shape index (κ3) is 3.29. The van der Waals surface area contributed by atoms with E-state index in [-0.39, 0.29) is 5.91 Å². The third-order valence-electron chi connectivity index (χ3n) is 5.14. The number of aliphatic hydroxyl groups is 1. The van der Waals surface area contributed by atoms with Gasteiger partial charge in [-0.25, -0.2) is 0 Å². The van der Waals surface area contributed by atoms with Crippen molar-refractivity contribution in [2.24, 2.45) is 5.92 Å². The second-order valence-corrected chi connectivity index (χ2v) is 6.93.